The van der Waals surface area contributed by atoms with Crippen molar-refractivity contribution >= 4 is 5.91 Å². The molecule has 7 heteroatoms. The molecule has 0 saturated carbocycles. The highest BCUT2D eigenvalue weighted by molar-refractivity contribution is 5.94. The van der Waals surface area contributed by atoms with E-state index in [-0.39, 0.29) is 11.9 Å². The number of pyridine rings is 1. The first-order valence-electron chi connectivity index (χ1n) is 8.28. The third-order valence-electron chi connectivity index (χ3n) is 4.36. The molecule has 0 aromatic carbocycles. The molecular formula is C18H18N6O. The van der Waals surface area contributed by atoms with Crippen molar-refractivity contribution in [2.75, 3.05) is 6.54 Å². The lowest BCUT2D eigenvalue weighted by atomic mass is 10.1. The number of likely N-dealkylation sites (tertiary alicyclic amines) is 1. The molecule has 1 aliphatic rings. The van der Waals surface area contributed by atoms with Crippen molar-refractivity contribution in [3.8, 4) is 5.82 Å². The van der Waals surface area contributed by atoms with E-state index in [2.05, 4.69) is 20.1 Å². The van der Waals surface area contributed by atoms with E-state index in [1.165, 1.54) is 0 Å². The quantitative estimate of drug-likeness (QED) is 0.735. The van der Waals surface area contributed by atoms with E-state index in [0.717, 1.165) is 30.8 Å². The van der Waals surface area contributed by atoms with E-state index in [4.69, 9.17) is 0 Å². The highest BCUT2D eigenvalue weighted by Gasteiger charge is 2.31. The van der Waals surface area contributed by atoms with Crippen LogP contribution in [-0.4, -0.2) is 42.1 Å². The predicted molar refractivity (Wildman–Crippen MR) is 91.1 cm³/mol. The van der Waals surface area contributed by atoms with Crippen molar-refractivity contribution in [3.05, 3.63) is 66.1 Å². The van der Waals surface area contributed by atoms with Crippen molar-refractivity contribution in [1.29, 1.82) is 0 Å². The molecule has 1 atom stereocenters. The number of aryl methyl sites for hydroxylation is 1. The number of nitrogens with zero attached hydrogens (tertiary/aromatic N) is 6. The van der Waals surface area contributed by atoms with E-state index >= 15 is 0 Å². The van der Waals surface area contributed by atoms with Gasteiger partial charge in [0.15, 0.2) is 5.82 Å². The lowest BCUT2D eigenvalue weighted by Gasteiger charge is -2.24. The second-order valence-corrected chi connectivity index (χ2v) is 6.10. The van der Waals surface area contributed by atoms with Crippen LogP contribution in [0.1, 0.15) is 40.6 Å². The van der Waals surface area contributed by atoms with Gasteiger partial charge in [-0.2, -0.15) is 5.10 Å². The maximum Gasteiger partial charge on any atom is 0.255 e. The summed E-state index contributed by atoms with van der Waals surface area (Å²) in [6, 6.07) is 5.41. The zero-order chi connectivity index (χ0) is 17.2. The molecule has 1 saturated heterocycles. The predicted octanol–water partition coefficient (Wildman–Crippen LogP) is 2.34. The number of amides is 1. The molecule has 0 unspecified atom stereocenters. The number of carbonyl (C=O) groups excluding carboxylic acids is 1. The SMILES string of the molecule is Cc1cncc([C@H]2CCCN2C(=O)c2ccc(-n3cccn3)nc2)n1. The first-order chi connectivity index (χ1) is 12.2. The van der Waals surface area contributed by atoms with Gasteiger partial charge in [-0.25, -0.2) is 9.67 Å². The first kappa shape index (κ1) is 15.4. The van der Waals surface area contributed by atoms with Crippen LogP contribution in [0.3, 0.4) is 0 Å². The van der Waals surface area contributed by atoms with Gasteiger partial charge in [0.05, 0.1) is 29.2 Å². The minimum absolute atomic E-state index is 0.0225. The summed E-state index contributed by atoms with van der Waals surface area (Å²) in [5, 5.41) is 4.14. The topological polar surface area (TPSA) is 76.8 Å². The Kier molecular flexibility index (Phi) is 3.97. The number of hydrogen-bond donors (Lipinski definition) is 0. The molecule has 3 aromatic rings. The smallest absolute Gasteiger partial charge is 0.255 e. The third kappa shape index (κ3) is 3.00. The molecule has 1 fully saturated rings. The highest BCUT2D eigenvalue weighted by atomic mass is 16.2. The minimum Gasteiger partial charge on any atom is -0.330 e. The molecule has 3 aromatic heterocycles. The van der Waals surface area contributed by atoms with Gasteiger partial charge in [0.2, 0.25) is 0 Å². The zero-order valence-corrected chi connectivity index (χ0v) is 13.9. The second-order valence-electron chi connectivity index (χ2n) is 6.10. The largest absolute Gasteiger partial charge is 0.330 e. The fraction of sp³-hybridized carbons (Fsp3) is 0.278. The van der Waals surface area contributed by atoms with Crippen molar-refractivity contribution in [1.82, 2.24) is 29.6 Å². The number of rotatable bonds is 3. The monoisotopic (exact) mass is 334 g/mol. The molecular weight excluding hydrogens is 316 g/mol. The molecule has 4 rings (SSSR count). The summed E-state index contributed by atoms with van der Waals surface area (Å²) in [6.07, 6.45) is 10.5. The Hall–Kier alpha value is -3.09. The molecule has 1 aliphatic heterocycles. The van der Waals surface area contributed by atoms with Crippen LogP contribution >= 0.6 is 0 Å². The molecule has 126 valence electrons. The number of aromatic nitrogens is 5. The van der Waals surface area contributed by atoms with E-state index < -0.39 is 0 Å². The van der Waals surface area contributed by atoms with Gasteiger partial charge in [0.25, 0.3) is 5.91 Å². The molecule has 0 spiro atoms. The van der Waals surface area contributed by atoms with Gasteiger partial charge in [-0.3, -0.25) is 14.8 Å². The summed E-state index contributed by atoms with van der Waals surface area (Å²) in [4.78, 5) is 27.9. The summed E-state index contributed by atoms with van der Waals surface area (Å²) in [6.45, 7) is 2.63. The van der Waals surface area contributed by atoms with Gasteiger partial charge >= 0.3 is 0 Å². The summed E-state index contributed by atoms with van der Waals surface area (Å²) in [7, 11) is 0. The van der Waals surface area contributed by atoms with Crippen molar-refractivity contribution in [2.45, 2.75) is 25.8 Å². The van der Waals surface area contributed by atoms with E-state index in [9.17, 15) is 4.79 Å². The summed E-state index contributed by atoms with van der Waals surface area (Å²) in [5.74, 6) is 0.661. The Labute approximate surface area is 145 Å². The normalized spacial score (nSPS) is 17.0. The molecule has 7 nitrogen and oxygen atoms in total. The average Bonchev–Trinajstić information content (AvgIpc) is 3.33. The van der Waals surface area contributed by atoms with Crippen LogP contribution in [0.5, 0.6) is 0 Å². The molecule has 1 amide bonds. The minimum atomic E-state index is -0.0229. The van der Waals surface area contributed by atoms with Crippen LogP contribution in [0, 0.1) is 6.92 Å². The summed E-state index contributed by atoms with van der Waals surface area (Å²) < 4.78 is 1.66. The Morgan fingerprint density at radius 2 is 2.16 bits per heavy atom. The molecule has 0 N–H and O–H groups in total. The van der Waals surface area contributed by atoms with Crippen molar-refractivity contribution in [2.24, 2.45) is 0 Å². The fourth-order valence-corrected chi connectivity index (χ4v) is 3.18. The lowest BCUT2D eigenvalue weighted by Crippen LogP contribution is -2.31. The van der Waals surface area contributed by atoms with Crippen molar-refractivity contribution < 1.29 is 4.79 Å². The molecule has 4 heterocycles. The zero-order valence-electron chi connectivity index (χ0n) is 13.9. The van der Waals surface area contributed by atoms with Gasteiger partial charge in [-0.15, -0.1) is 0 Å². The van der Waals surface area contributed by atoms with E-state index in [1.54, 1.807) is 41.6 Å². The molecule has 0 bridgehead atoms. The summed E-state index contributed by atoms with van der Waals surface area (Å²) in [5.41, 5.74) is 2.29. The first-order valence-corrected chi connectivity index (χ1v) is 8.28. The van der Waals surface area contributed by atoms with Crippen LogP contribution < -0.4 is 0 Å². The van der Waals surface area contributed by atoms with E-state index in [1.807, 2.05) is 24.1 Å². The highest BCUT2D eigenvalue weighted by Crippen LogP contribution is 2.31. The van der Waals surface area contributed by atoms with Gasteiger partial charge in [-0.05, 0) is 38.0 Å². The molecule has 0 aliphatic carbocycles. The third-order valence-corrected chi connectivity index (χ3v) is 4.36. The lowest BCUT2D eigenvalue weighted by molar-refractivity contribution is 0.0732. The van der Waals surface area contributed by atoms with Crippen LogP contribution in [0.2, 0.25) is 0 Å². The Morgan fingerprint density at radius 1 is 1.24 bits per heavy atom. The number of hydrogen-bond acceptors (Lipinski definition) is 5. The Balaban J connectivity index is 1.57. The molecule has 25 heavy (non-hydrogen) atoms. The van der Waals surface area contributed by atoms with Crippen LogP contribution in [0.4, 0.5) is 0 Å². The summed E-state index contributed by atoms with van der Waals surface area (Å²) >= 11 is 0. The van der Waals surface area contributed by atoms with Gasteiger partial charge < -0.3 is 4.90 Å². The Morgan fingerprint density at radius 3 is 2.88 bits per heavy atom. The standard InChI is InChI=1S/C18H18N6O/c1-13-10-19-12-15(22-13)16-4-2-8-23(16)18(25)14-5-6-17(20-11-14)24-9-3-7-21-24/h3,5-7,9-12,16H,2,4,8H2,1H3/t16-/m1/s1. The number of carbonyl (C=O) groups is 1. The molecule has 0 radical (unpaired) electrons. The Bertz CT molecular complexity index is 875. The van der Waals surface area contributed by atoms with Gasteiger partial charge in [-0.1, -0.05) is 0 Å². The van der Waals surface area contributed by atoms with Gasteiger partial charge in [0.1, 0.15) is 0 Å². The van der Waals surface area contributed by atoms with Crippen molar-refractivity contribution in [3.63, 3.8) is 0 Å². The average molecular weight is 334 g/mol. The van der Waals surface area contributed by atoms with Crippen LogP contribution in [0.15, 0.2) is 49.2 Å². The van der Waals surface area contributed by atoms with Crippen LogP contribution in [0.25, 0.3) is 5.82 Å². The van der Waals surface area contributed by atoms with E-state index in [0.29, 0.717) is 11.4 Å². The van der Waals surface area contributed by atoms with Gasteiger partial charge in [0, 0.05) is 31.3 Å². The maximum atomic E-state index is 12.9. The second kappa shape index (κ2) is 6.43. The maximum absolute atomic E-state index is 12.9. The fourth-order valence-electron chi connectivity index (χ4n) is 3.18. The van der Waals surface area contributed by atoms with Crippen LogP contribution in [-0.2, 0) is 0 Å².